The van der Waals surface area contributed by atoms with Gasteiger partial charge >= 0.3 is 0 Å². The lowest BCUT2D eigenvalue weighted by atomic mass is 9.65. The Labute approximate surface area is 172 Å². The van der Waals surface area contributed by atoms with Crippen LogP contribution in [0.5, 0.6) is 0 Å². The van der Waals surface area contributed by atoms with E-state index in [0.29, 0.717) is 5.92 Å². The minimum Gasteiger partial charge on any atom is -0.295 e. The van der Waals surface area contributed by atoms with Gasteiger partial charge in [0.25, 0.3) is 0 Å². The number of carbonyl (C=O) groups is 2. The molecule has 0 radical (unpaired) electrons. The lowest BCUT2D eigenvalue weighted by molar-refractivity contribution is -0.123. The number of carbonyl (C=O) groups excluding carboxylic acids is 2. The molecule has 0 fully saturated rings. The molecule has 0 aromatic carbocycles. The van der Waals surface area contributed by atoms with Crippen molar-refractivity contribution >= 4 is 11.6 Å². The van der Waals surface area contributed by atoms with Crippen LogP contribution in [0.3, 0.4) is 0 Å². The van der Waals surface area contributed by atoms with Crippen molar-refractivity contribution in [1.29, 1.82) is 0 Å². The molecule has 0 heterocycles. The number of allylic oxidation sites excluding steroid dienone is 8. The minimum atomic E-state index is 0.0902. The van der Waals surface area contributed by atoms with Gasteiger partial charge in [-0.3, -0.25) is 9.59 Å². The van der Waals surface area contributed by atoms with Crippen LogP contribution in [-0.4, -0.2) is 11.6 Å². The summed E-state index contributed by atoms with van der Waals surface area (Å²) in [4.78, 5) is 23.8. The Morgan fingerprint density at radius 3 is 2.07 bits per heavy atom. The number of rotatable bonds is 4. The van der Waals surface area contributed by atoms with Gasteiger partial charge < -0.3 is 0 Å². The average Bonchev–Trinajstić information content (AvgIpc) is 2.54. The third-order valence-electron chi connectivity index (χ3n) is 6.20. The van der Waals surface area contributed by atoms with Gasteiger partial charge in [0.05, 0.1) is 0 Å². The molecule has 3 atom stereocenters. The Morgan fingerprint density at radius 2 is 1.57 bits per heavy atom. The van der Waals surface area contributed by atoms with Crippen molar-refractivity contribution in [3.05, 3.63) is 48.1 Å². The molecule has 2 aliphatic carbocycles. The van der Waals surface area contributed by atoms with Crippen LogP contribution < -0.4 is 0 Å². The van der Waals surface area contributed by atoms with Gasteiger partial charge in [-0.1, -0.05) is 70.6 Å². The van der Waals surface area contributed by atoms with Gasteiger partial charge in [-0.05, 0) is 68.9 Å². The predicted molar refractivity (Wildman–Crippen MR) is 120 cm³/mol. The summed E-state index contributed by atoms with van der Waals surface area (Å²) in [6.45, 7) is 16.7. The largest absolute Gasteiger partial charge is 0.295 e. The molecule has 0 saturated carbocycles. The summed E-state index contributed by atoms with van der Waals surface area (Å²) in [5.74, 6) is 1.12. The summed E-state index contributed by atoms with van der Waals surface area (Å²) in [6.07, 6.45) is 16.9. The van der Waals surface area contributed by atoms with Crippen LogP contribution in [-0.2, 0) is 9.59 Å². The topological polar surface area (TPSA) is 34.1 Å². The normalized spacial score (nSPS) is 28.6. The lowest BCUT2D eigenvalue weighted by Crippen LogP contribution is -2.36. The van der Waals surface area contributed by atoms with Crippen molar-refractivity contribution in [2.45, 2.75) is 74.7 Å². The van der Waals surface area contributed by atoms with Crippen molar-refractivity contribution in [2.24, 2.45) is 28.6 Å². The summed E-state index contributed by atoms with van der Waals surface area (Å²) in [6, 6.07) is 0. The second-order valence-corrected chi connectivity index (χ2v) is 9.67. The summed E-state index contributed by atoms with van der Waals surface area (Å²) in [5, 5.41) is 0. The van der Waals surface area contributed by atoms with Crippen LogP contribution in [0.2, 0.25) is 0 Å². The average molecular weight is 385 g/mol. The first-order chi connectivity index (χ1) is 13.0. The SMILES string of the molecule is C/C=C/C(=O)C1C(C)=CCCC1(C)C.C/C=C/C(=O)C1C(C)C=CCC1(C)C. The molecule has 156 valence electrons. The van der Waals surface area contributed by atoms with E-state index in [1.165, 1.54) is 5.57 Å². The molecule has 0 aliphatic heterocycles. The Kier molecular flexibility index (Phi) is 8.85. The minimum absolute atomic E-state index is 0.0902. The monoisotopic (exact) mass is 384 g/mol. The smallest absolute Gasteiger partial charge is 0.162 e. The van der Waals surface area contributed by atoms with E-state index >= 15 is 0 Å². The van der Waals surface area contributed by atoms with Crippen LogP contribution in [0, 0.1) is 28.6 Å². The molecule has 28 heavy (non-hydrogen) atoms. The van der Waals surface area contributed by atoms with Crippen molar-refractivity contribution in [2.75, 3.05) is 0 Å². The van der Waals surface area contributed by atoms with Crippen molar-refractivity contribution in [1.82, 2.24) is 0 Å². The number of hydrogen-bond acceptors (Lipinski definition) is 2. The van der Waals surface area contributed by atoms with Gasteiger partial charge in [0, 0.05) is 11.8 Å². The van der Waals surface area contributed by atoms with Gasteiger partial charge in [0.1, 0.15) is 0 Å². The lowest BCUT2D eigenvalue weighted by Gasteiger charge is -2.38. The predicted octanol–water partition coefficient (Wildman–Crippen LogP) is 6.88. The molecule has 0 aromatic heterocycles. The van der Waals surface area contributed by atoms with E-state index in [1.54, 1.807) is 12.2 Å². The molecule has 2 heteroatoms. The first-order valence-corrected chi connectivity index (χ1v) is 10.6. The molecular formula is C26H40O2. The quantitative estimate of drug-likeness (QED) is 0.391. The van der Waals surface area contributed by atoms with Crippen LogP contribution in [0.1, 0.15) is 74.7 Å². The molecule has 2 rings (SSSR count). The fourth-order valence-electron chi connectivity index (χ4n) is 4.87. The van der Waals surface area contributed by atoms with Crippen molar-refractivity contribution < 1.29 is 9.59 Å². The maximum Gasteiger partial charge on any atom is 0.162 e. The van der Waals surface area contributed by atoms with Crippen molar-refractivity contribution in [3.8, 4) is 0 Å². The Balaban J connectivity index is 0.000000280. The van der Waals surface area contributed by atoms with Crippen LogP contribution >= 0.6 is 0 Å². The van der Waals surface area contributed by atoms with E-state index in [0.717, 1.165) is 19.3 Å². The zero-order valence-corrected chi connectivity index (χ0v) is 19.2. The summed E-state index contributed by atoms with van der Waals surface area (Å²) < 4.78 is 0. The molecule has 2 nitrogen and oxygen atoms in total. The molecule has 3 unspecified atom stereocenters. The van der Waals surface area contributed by atoms with Crippen LogP contribution in [0.4, 0.5) is 0 Å². The number of ketones is 2. The van der Waals surface area contributed by atoms with E-state index < -0.39 is 0 Å². The maximum atomic E-state index is 11.9. The molecule has 0 saturated heterocycles. The van der Waals surface area contributed by atoms with E-state index in [-0.39, 0.29) is 34.2 Å². The third-order valence-corrected chi connectivity index (χ3v) is 6.20. The number of hydrogen-bond donors (Lipinski definition) is 0. The van der Waals surface area contributed by atoms with E-state index in [9.17, 15) is 9.59 Å². The summed E-state index contributed by atoms with van der Waals surface area (Å²) in [5.41, 5.74) is 1.46. The molecule has 0 spiro atoms. The van der Waals surface area contributed by atoms with Gasteiger partial charge in [0.15, 0.2) is 11.6 Å². The first kappa shape index (κ1) is 24.3. The molecule has 0 bridgehead atoms. The first-order valence-electron chi connectivity index (χ1n) is 10.6. The highest BCUT2D eigenvalue weighted by Crippen LogP contribution is 2.42. The fourth-order valence-corrected chi connectivity index (χ4v) is 4.87. The zero-order valence-electron chi connectivity index (χ0n) is 19.2. The molecule has 0 amide bonds. The van der Waals surface area contributed by atoms with Gasteiger partial charge in [-0.2, -0.15) is 0 Å². The van der Waals surface area contributed by atoms with Gasteiger partial charge in [-0.15, -0.1) is 0 Å². The second kappa shape index (κ2) is 10.2. The Hall–Kier alpha value is -1.70. The Bertz CT molecular complexity index is 669. The van der Waals surface area contributed by atoms with E-state index in [1.807, 2.05) is 26.0 Å². The maximum absolute atomic E-state index is 11.9. The second-order valence-electron chi connectivity index (χ2n) is 9.67. The Morgan fingerprint density at radius 1 is 1.00 bits per heavy atom. The fraction of sp³-hybridized carbons (Fsp3) is 0.615. The standard InChI is InChI=1S/2C13H20O/c2*1-5-7-11(14)12-10(2)8-6-9-13(12,3)4/h5,7-8,12H,6,9H2,1-4H3;5-8,10,12H,9H2,1-4H3/b2*7-5+. The summed E-state index contributed by atoms with van der Waals surface area (Å²) >= 11 is 0. The molecule has 2 aliphatic rings. The van der Waals surface area contributed by atoms with Crippen molar-refractivity contribution in [3.63, 3.8) is 0 Å². The van der Waals surface area contributed by atoms with E-state index in [2.05, 4.69) is 59.8 Å². The van der Waals surface area contributed by atoms with Crippen LogP contribution in [0.25, 0.3) is 0 Å². The van der Waals surface area contributed by atoms with E-state index in [4.69, 9.17) is 0 Å². The summed E-state index contributed by atoms with van der Waals surface area (Å²) in [7, 11) is 0. The molecular weight excluding hydrogens is 344 g/mol. The highest BCUT2D eigenvalue weighted by Gasteiger charge is 2.38. The van der Waals surface area contributed by atoms with Crippen LogP contribution in [0.15, 0.2) is 48.1 Å². The molecule has 0 N–H and O–H groups in total. The third kappa shape index (κ3) is 6.15. The van der Waals surface area contributed by atoms with Gasteiger partial charge in [0.2, 0.25) is 0 Å². The highest BCUT2D eigenvalue weighted by atomic mass is 16.1. The van der Waals surface area contributed by atoms with Gasteiger partial charge in [-0.25, -0.2) is 0 Å². The molecule has 0 aromatic rings. The highest BCUT2D eigenvalue weighted by molar-refractivity contribution is 5.94. The zero-order chi connectivity index (χ0) is 21.5.